The summed E-state index contributed by atoms with van der Waals surface area (Å²) in [6, 6.07) is 0. The van der Waals surface area contributed by atoms with Crippen LogP contribution in [-0.4, -0.2) is 0 Å². The quantitative estimate of drug-likeness (QED) is 0.397. The van der Waals surface area contributed by atoms with Crippen molar-refractivity contribution in [3.05, 3.63) is 24.8 Å². The van der Waals surface area contributed by atoms with Gasteiger partial charge in [-0.15, -0.1) is 6.58 Å². The van der Waals surface area contributed by atoms with Gasteiger partial charge in [-0.1, -0.05) is 45.4 Å². The molecule has 2 atom stereocenters. The number of allylic oxidation sites excluding steroid dienone is 3. The Morgan fingerprint density at radius 1 is 1.23 bits per heavy atom. The molecule has 0 aliphatic heterocycles. The molecule has 0 saturated carbocycles. The van der Waals surface area contributed by atoms with Gasteiger partial charge in [0.2, 0.25) is 0 Å². The van der Waals surface area contributed by atoms with E-state index in [4.69, 9.17) is 0 Å². The molecular formula is C13H24. The summed E-state index contributed by atoms with van der Waals surface area (Å²) in [7, 11) is 0. The first kappa shape index (κ1) is 12.5. The third-order valence-corrected chi connectivity index (χ3v) is 2.54. The Morgan fingerprint density at radius 3 is 2.46 bits per heavy atom. The topological polar surface area (TPSA) is 0 Å². The largest absolute Gasteiger partial charge is 0.103 e. The molecule has 0 nitrogen and oxygen atoms in total. The van der Waals surface area contributed by atoms with E-state index in [1.54, 1.807) is 0 Å². The lowest BCUT2D eigenvalue weighted by molar-refractivity contribution is 0.610. The van der Waals surface area contributed by atoms with Gasteiger partial charge in [-0.05, 0) is 31.1 Å². The lowest BCUT2D eigenvalue weighted by Crippen LogP contribution is -1.88. The third kappa shape index (κ3) is 7.83. The van der Waals surface area contributed by atoms with Gasteiger partial charge >= 0.3 is 0 Å². The van der Waals surface area contributed by atoms with E-state index in [-0.39, 0.29) is 0 Å². The summed E-state index contributed by atoms with van der Waals surface area (Å²) in [6.45, 7) is 10.5. The molecule has 0 heterocycles. The molecule has 13 heavy (non-hydrogen) atoms. The fourth-order valence-corrected chi connectivity index (χ4v) is 1.14. The Kier molecular flexibility index (Phi) is 7.77. The highest BCUT2D eigenvalue weighted by Gasteiger charge is 1.94. The Hall–Kier alpha value is -0.520. The normalized spacial score (nSPS) is 15.9. The van der Waals surface area contributed by atoms with E-state index >= 15 is 0 Å². The third-order valence-electron chi connectivity index (χ3n) is 2.54. The van der Waals surface area contributed by atoms with Crippen LogP contribution in [0.5, 0.6) is 0 Å². The van der Waals surface area contributed by atoms with Crippen LogP contribution in [0.4, 0.5) is 0 Å². The molecule has 0 heteroatoms. The van der Waals surface area contributed by atoms with E-state index in [0.717, 1.165) is 5.92 Å². The highest BCUT2D eigenvalue weighted by molar-refractivity contribution is 4.86. The molecule has 0 spiro atoms. The van der Waals surface area contributed by atoms with Crippen LogP contribution in [0.25, 0.3) is 0 Å². The van der Waals surface area contributed by atoms with Gasteiger partial charge in [-0.3, -0.25) is 0 Å². The van der Waals surface area contributed by atoms with E-state index < -0.39 is 0 Å². The summed E-state index contributed by atoms with van der Waals surface area (Å²) >= 11 is 0. The lowest BCUT2D eigenvalue weighted by Gasteiger charge is -2.03. The van der Waals surface area contributed by atoms with Gasteiger partial charge in [0.1, 0.15) is 0 Å². The smallest absolute Gasteiger partial charge is 0.0265 e. The van der Waals surface area contributed by atoms with Crippen molar-refractivity contribution in [2.45, 2.75) is 46.5 Å². The second kappa shape index (κ2) is 8.10. The molecular weight excluding hydrogens is 156 g/mol. The first-order chi connectivity index (χ1) is 6.20. The van der Waals surface area contributed by atoms with E-state index in [9.17, 15) is 0 Å². The fraction of sp³-hybridized carbons (Fsp3) is 0.692. The van der Waals surface area contributed by atoms with Crippen LogP contribution < -0.4 is 0 Å². The van der Waals surface area contributed by atoms with Crippen LogP contribution in [0.15, 0.2) is 24.8 Å². The van der Waals surface area contributed by atoms with Crippen LogP contribution >= 0.6 is 0 Å². The molecule has 0 aromatic carbocycles. The zero-order chi connectivity index (χ0) is 10.1. The molecule has 0 rings (SSSR count). The summed E-state index contributed by atoms with van der Waals surface area (Å²) in [5.41, 5.74) is 0. The highest BCUT2D eigenvalue weighted by atomic mass is 14.0. The van der Waals surface area contributed by atoms with Gasteiger partial charge in [0, 0.05) is 0 Å². The molecule has 0 aliphatic carbocycles. The van der Waals surface area contributed by atoms with Crippen molar-refractivity contribution < 1.29 is 0 Å². The van der Waals surface area contributed by atoms with Crippen molar-refractivity contribution in [2.75, 3.05) is 0 Å². The molecule has 76 valence electrons. The zero-order valence-electron chi connectivity index (χ0n) is 9.42. The predicted octanol–water partition coefficient (Wildman–Crippen LogP) is 4.58. The number of unbranched alkanes of at least 4 members (excludes halogenated alkanes) is 1. The van der Waals surface area contributed by atoms with Gasteiger partial charge in [-0.25, -0.2) is 0 Å². The lowest BCUT2D eigenvalue weighted by atomic mass is 10.0. The van der Waals surface area contributed by atoms with Crippen LogP contribution in [0.1, 0.15) is 46.5 Å². The summed E-state index contributed by atoms with van der Waals surface area (Å²) in [4.78, 5) is 0. The van der Waals surface area contributed by atoms with Crippen molar-refractivity contribution in [2.24, 2.45) is 11.8 Å². The Morgan fingerprint density at radius 2 is 1.92 bits per heavy atom. The minimum Gasteiger partial charge on any atom is -0.103 e. The molecule has 0 aromatic heterocycles. The van der Waals surface area contributed by atoms with Crippen molar-refractivity contribution in [1.29, 1.82) is 0 Å². The van der Waals surface area contributed by atoms with E-state index in [1.807, 2.05) is 6.08 Å². The maximum Gasteiger partial charge on any atom is -0.0265 e. The van der Waals surface area contributed by atoms with Crippen molar-refractivity contribution in [3.8, 4) is 0 Å². The summed E-state index contributed by atoms with van der Waals surface area (Å²) in [6.07, 6.45) is 11.7. The van der Waals surface area contributed by atoms with Gasteiger partial charge in [0.15, 0.2) is 0 Å². The van der Waals surface area contributed by atoms with E-state index in [1.165, 1.54) is 25.7 Å². The monoisotopic (exact) mass is 180 g/mol. The Balaban J connectivity index is 3.34. The van der Waals surface area contributed by atoms with Gasteiger partial charge in [-0.2, -0.15) is 0 Å². The average Bonchev–Trinajstić information content (AvgIpc) is 2.16. The van der Waals surface area contributed by atoms with Crippen molar-refractivity contribution in [1.82, 2.24) is 0 Å². The van der Waals surface area contributed by atoms with Crippen molar-refractivity contribution >= 4 is 0 Å². The van der Waals surface area contributed by atoms with Gasteiger partial charge in [0.05, 0.1) is 0 Å². The fourth-order valence-electron chi connectivity index (χ4n) is 1.14. The molecule has 2 unspecified atom stereocenters. The first-order valence-corrected chi connectivity index (χ1v) is 5.49. The van der Waals surface area contributed by atoms with Crippen LogP contribution in [0.2, 0.25) is 0 Å². The van der Waals surface area contributed by atoms with E-state index in [0.29, 0.717) is 5.92 Å². The number of hydrogen-bond acceptors (Lipinski definition) is 0. The molecule has 0 radical (unpaired) electrons. The molecule has 0 N–H and O–H groups in total. The second-order valence-corrected chi connectivity index (χ2v) is 3.96. The predicted molar refractivity (Wildman–Crippen MR) is 61.8 cm³/mol. The van der Waals surface area contributed by atoms with Crippen LogP contribution in [0.3, 0.4) is 0 Å². The van der Waals surface area contributed by atoms with Gasteiger partial charge < -0.3 is 0 Å². The number of rotatable bonds is 7. The van der Waals surface area contributed by atoms with Gasteiger partial charge in [0.25, 0.3) is 0 Å². The SMILES string of the molecule is C=CC(C)CCCC=CC(C)CC. The maximum atomic E-state index is 3.78. The molecule has 0 amide bonds. The average molecular weight is 180 g/mol. The molecule has 0 saturated heterocycles. The Labute approximate surface area is 83.7 Å². The van der Waals surface area contributed by atoms with E-state index in [2.05, 4.69) is 39.5 Å². The molecule has 0 aromatic rings. The van der Waals surface area contributed by atoms with Crippen molar-refractivity contribution in [3.63, 3.8) is 0 Å². The summed E-state index contributed by atoms with van der Waals surface area (Å²) in [5, 5.41) is 0. The summed E-state index contributed by atoms with van der Waals surface area (Å²) < 4.78 is 0. The zero-order valence-corrected chi connectivity index (χ0v) is 9.42. The molecule has 0 fully saturated rings. The standard InChI is InChI=1S/C13H24/c1-5-12(3)10-8-7-9-11-13(4)6-2/h5,9,11-13H,1,6-8,10H2,2-4H3. The minimum absolute atomic E-state index is 0.678. The Bertz CT molecular complexity index is 144. The highest BCUT2D eigenvalue weighted by Crippen LogP contribution is 2.10. The molecule has 0 aliphatic rings. The number of hydrogen-bond donors (Lipinski definition) is 0. The second-order valence-electron chi connectivity index (χ2n) is 3.96. The summed E-state index contributed by atoms with van der Waals surface area (Å²) in [5.74, 6) is 1.42. The maximum absolute atomic E-state index is 3.78. The molecule has 0 bridgehead atoms. The van der Waals surface area contributed by atoms with Crippen LogP contribution in [-0.2, 0) is 0 Å². The minimum atomic E-state index is 0.678. The first-order valence-electron chi connectivity index (χ1n) is 5.49. The van der Waals surface area contributed by atoms with Crippen LogP contribution in [0, 0.1) is 11.8 Å².